The van der Waals surface area contributed by atoms with Gasteiger partial charge >= 0.3 is 11.8 Å². The Balaban J connectivity index is 1.63. The molecule has 0 aliphatic carbocycles. The molecule has 1 aliphatic rings. The molecule has 0 unspecified atom stereocenters. The van der Waals surface area contributed by atoms with Crippen molar-refractivity contribution in [1.29, 1.82) is 0 Å². The summed E-state index contributed by atoms with van der Waals surface area (Å²) in [6.07, 6.45) is 4.70. The van der Waals surface area contributed by atoms with Crippen LogP contribution in [0.2, 0.25) is 0 Å². The lowest BCUT2D eigenvalue weighted by molar-refractivity contribution is -0.136. The minimum absolute atomic E-state index is 0.125. The maximum atomic E-state index is 12.7. The fraction of sp³-hybridized carbons (Fsp3) is 0.300. The predicted octanol–water partition coefficient (Wildman–Crippen LogP) is 1.96. The van der Waals surface area contributed by atoms with Crippen molar-refractivity contribution in [3.8, 4) is 0 Å². The number of nitrogens with zero attached hydrogens (tertiary/aromatic N) is 2. The van der Waals surface area contributed by atoms with E-state index in [1.165, 1.54) is 0 Å². The van der Waals surface area contributed by atoms with Crippen molar-refractivity contribution < 1.29 is 14.4 Å². The van der Waals surface area contributed by atoms with E-state index in [9.17, 15) is 14.4 Å². The van der Waals surface area contributed by atoms with Gasteiger partial charge in [-0.3, -0.25) is 19.4 Å². The summed E-state index contributed by atoms with van der Waals surface area (Å²) in [5.41, 5.74) is 1.38. The zero-order valence-corrected chi connectivity index (χ0v) is 15.0. The molecule has 1 aromatic heterocycles. The number of likely N-dealkylation sites (tertiary alicyclic amines) is 1. The number of aromatic nitrogens is 1. The molecule has 2 aromatic rings. The number of para-hydroxylation sites is 1. The van der Waals surface area contributed by atoms with E-state index in [4.69, 9.17) is 0 Å². The minimum atomic E-state index is -0.815. The van der Waals surface area contributed by atoms with Gasteiger partial charge in [0.2, 0.25) is 0 Å². The molecule has 0 atom stereocenters. The molecule has 27 heavy (non-hydrogen) atoms. The molecule has 140 valence electrons. The Bertz CT molecular complexity index is 817. The van der Waals surface area contributed by atoms with Crippen LogP contribution in [0.3, 0.4) is 0 Å². The van der Waals surface area contributed by atoms with Gasteiger partial charge in [0.25, 0.3) is 5.91 Å². The SMILES string of the molecule is O=C(NCc1ccccn1)C(=O)Nc1ccccc1C(=O)N1CCCCC1. The van der Waals surface area contributed by atoms with E-state index in [-0.39, 0.29) is 12.5 Å². The van der Waals surface area contributed by atoms with Crippen LogP contribution in [0.4, 0.5) is 5.69 Å². The molecule has 7 heteroatoms. The highest BCUT2D eigenvalue weighted by molar-refractivity contribution is 6.40. The number of rotatable bonds is 4. The van der Waals surface area contributed by atoms with Gasteiger partial charge in [0.05, 0.1) is 23.5 Å². The molecular formula is C20H22N4O3. The Kier molecular flexibility index (Phi) is 6.14. The molecule has 1 saturated heterocycles. The van der Waals surface area contributed by atoms with Crippen molar-refractivity contribution >= 4 is 23.4 Å². The first-order chi connectivity index (χ1) is 13.1. The summed E-state index contributed by atoms with van der Waals surface area (Å²) in [5, 5.41) is 5.07. The molecule has 2 heterocycles. The van der Waals surface area contributed by atoms with Crippen LogP contribution in [-0.4, -0.2) is 40.7 Å². The maximum absolute atomic E-state index is 12.7. The fourth-order valence-corrected chi connectivity index (χ4v) is 2.98. The lowest BCUT2D eigenvalue weighted by Crippen LogP contribution is -2.37. The monoisotopic (exact) mass is 366 g/mol. The van der Waals surface area contributed by atoms with Crippen molar-refractivity contribution in [2.24, 2.45) is 0 Å². The van der Waals surface area contributed by atoms with Crippen LogP contribution < -0.4 is 10.6 Å². The Morgan fingerprint density at radius 2 is 1.67 bits per heavy atom. The summed E-state index contributed by atoms with van der Waals surface area (Å²) >= 11 is 0. The molecule has 0 spiro atoms. The zero-order chi connectivity index (χ0) is 19.1. The van der Waals surface area contributed by atoms with Gasteiger partial charge < -0.3 is 15.5 Å². The number of anilines is 1. The van der Waals surface area contributed by atoms with E-state index in [1.54, 1.807) is 53.6 Å². The van der Waals surface area contributed by atoms with Crippen LogP contribution in [0.1, 0.15) is 35.3 Å². The molecule has 3 rings (SSSR count). The van der Waals surface area contributed by atoms with E-state index >= 15 is 0 Å². The van der Waals surface area contributed by atoms with Gasteiger partial charge in [0.15, 0.2) is 0 Å². The van der Waals surface area contributed by atoms with Crippen molar-refractivity contribution in [2.45, 2.75) is 25.8 Å². The molecule has 1 fully saturated rings. The second-order valence-corrected chi connectivity index (χ2v) is 6.36. The lowest BCUT2D eigenvalue weighted by Gasteiger charge is -2.27. The van der Waals surface area contributed by atoms with Crippen LogP contribution in [0, 0.1) is 0 Å². The summed E-state index contributed by atoms with van der Waals surface area (Å²) in [6, 6.07) is 12.1. The number of benzene rings is 1. The Hall–Kier alpha value is -3.22. The number of carbonyl (C=O) groups is 3. The summed E-state index contributed by atoms with van der Waals surface area (Å²) < 4.78 is 0. The third-order valence-electron chi connectivity index (χ3n) is 4.41. The van der Waals surface area contributed by atoms with Gasteiger partial charge in [-0.15, -0.1) is 0 Å². The van der Waals surface area contributed by atoms with E-state index in [1.807, 2.05) is 0 Å². The van der Waals surface area contributed by atoms with E-state index in [0.717, 1.165) is 19.3 Å². The van der Waals surface area contributed by atoms with E-state index in [0.29, 0.717) is 30.0 Å². The van der Waals surface area contributed by atoms with Crippen molar-refractivity contribution in [3.05, 3.63) is 59.9 Å². The first-order valence-corrected chi connectivity index (χ1v) is 9.02. The van der Waals surface area contributed by atoms with Gasteiger partial charge in [-0.1, -0.05) is 18.2 Å². The first-order valence-electron chi connectivity index (χ1n) is 9.02. The van der Waals surface area contributed by atoms with Crippen LogP contribution >= 0.6 is 0 Å². The highest BCUT2D eigenvalue weighted by Gasteiger charge is 2.22. The highest BCUT2D eigenvalue weighted by atomic mass is 16.2. The largest absolute Gasteiger partial charge is 0.342 e. The van der Waals surface area contributed by atoms with Crippen LogP contribution in [0.5, 0.6) is 0 Å². The minimum Gasteiger partial charge on any atom is -0.342 e. The molecule has 1 aliphatic heterocycles. The number of hydrogen-bond acceptors (Lipinski definition) is 4. The standard InChI is InChI=1S/C20H22N4O3/c25-18(22-14-15-8-4-5-11-21-15)19(26)23-17-10-3-2-9-16(17)20(27)24-12-6-1-7-13-24/h2-5,8-11H,1,6-7,12-14H2,(H,22,25)(H,23,26). The molecular weight excluding hydrogens is 344 g/mol. The van der Waals surface area contributed by atoms with Gasteiger partial charge in [-0.2, -0.15) is 0 Å². The molecule has 0 bridgehead atoms. The molecule has 3 amide bonds. The van der Waals surface area contributed by atoms with Crippen molar-refractivity contribution in [3.63, 3.8) is 0 Å². The summed E-state index contributed by atoms with van der Waals surface area (Å²) in [5.74, 6) is -1.72. The summed E-state index contributed by atoms with van der Waals surface area (Å²) in [7, 11) is 0. The average molecular weight is 366 g/mol. The number of piperidine rings is 1. The van der Waals surface area contributed by atoms with Crippen LogP contribution in [-0.2, 0) is 16.1 Å². The van der Waals surface area contributed by atoms with E-state index in [2.05, 4.69) is 15.6 Å². The Morgan fingerprint density at radius 1 is 0.926 bits per heavy atom. The van der Waals surface area contributed by atoms with Gasteiger partial charge in [-0.25, -0.2) is 0 Å². The number of nitrogens with one attached hydrogen (secondary N) is 2. The van der Waals surface area contributed by atoms with E-state index < -0.39 is 11.8 Å². The summed E-state index contributed by atoms with van der Waals surface area (Å²) in [4.78, 5) is 42.9. The van der Waals surface area contributed by atoms with Crippen LogP contribution in [0.15, 0.2) is 48.7 Å². The maximum Gasteiger partial charge on any atom is 0.313 e. The molecule has 0 saturated carbocycles. The normalized spacial score (nSPS) is 13.7. The Labute approximate surface area is 157 Å². The topological polar surface area (TPSA) is 91.4 Å². The predicted molar refractivity (Wildman–Crippen MR) is 101 cm³/mol. The van der Waals surface area contributed by atoms with Crippen LogP contribution in [0.25, 0.3) is 0 Å². The van der Waals surface area contributed by atoms with Crippen molar-refractivity contribution in [2.75, 3.05) is 18.4 Å². The number of carbonyl (C=O) groups excluding carboxylic acids is 3. The summed E-state index contributed by atoms with van der Waals surface area (Å²) in [6.45, 7) is 1.58. The highest BCUT2D eigenvalue weighted by Crippen LogP contribution is 2.20. The fourth-order valence-electron chi connectivity index (χ4n) is 2.98. The third-order valence-corrected chi connectivity index (χ3v) is 4.41. The quantitative estimate of drug-likeness (QED) is 0.809. The molecule has 7 nitrogen and oxygen atoms in total. The van der Waals surface area contributed by atoms with Gasteiger partial charge in [-0.05, 0) is 43.5 Å². The average Bonchev–Trinajstić information content (AvgIpc) is 2.73. The van der Waals surface area contributed by atoms with Crippen molar-refractivity contribution in [1.82, 2.24) is 15.2 Å². The smallest absolute Gasteiger partial charge is 0.313 e. The lowest BCUT2D eigenvalue weighted by atomic mass is 10.1. The van der Waals surface area contributed by atoms with Gasteiger partial charge in [0, 0.05) is 19.3 Å². The second kappa shape index (κ2) is 8.93. The molecule has 1 aromatic carbocycles. The molecule has 0 radical (unpaired) electrons. The number of pyridine rings is 1. The van der Waals surface area contributed by atoms with Gasteiger partial charge in [0.1, 0.15) is 0 Å². The second-order valence-electron chi connectivity index (χ2n) is 6.36. The third kappa shape index (κ3) is 4.91. The first kappa shape index (κ1) is 18.6. The number of amides is 3. The zero-order valence-electron chi connectivity index (χ0n) is 15.0. The number of hydrogen-bond donors (Lipinski definition) is 2. The Morgan fingerprint density at radius 3 is 2.41 bits per heavy atom. The molecule has 2 N–H and O–H groups in total.